The molecular formula is C24H25F2N5O3. The summed E-state index contributed by atoms with van der Waals surface area (Å²) >= 11 is 0. The van der Waals surface area contributed by atoms with Crippen molar-refractivity contribution in [2.24, 2.45) is 0 Å². The maximum atomic E-state index is 14.3. The van der Waals surface area contributed by atoms with Crippen LogP contribution in [0.3, 0.4) is 0 Å². The van der Waals surface area contributed by atoms with Gasteiger partial charge in [0.2, 0.25) is 0 Å². The molecule has 2 fully saturated rings. The molecule has 2 aromatic heterocycles. The number of imidazole rings is 1. The largest absolute Gasteiger partial charge is 0.387 e. The van der Waals surface area contributed by atoms with Crippen molar-refractivity contribution in [1.82, 2.24) is 19.5 Å². The normalized spacial score (nSPS) is 29.1. The van der Waals surface area contributed by atoms with Gasteiger partial charge in [-0.25, -0.2) is 23.7 Å². The molecule has 1 saturated carbocycles. The highest BCUT2D eigenvalue weighted by atomic mass is 19.1. The van der Waals surface area contributed by atoms with E-state index in [1.54, 1.807) is 18.2 Å². The van der Waals surface area contributed by atoms with Crippen LogP contribution in [0.5, 0.6) is 0 Å². The van der Waals surface area contributed by atoms with E-state index >= 15 is 0 Å². The van der Waals surface area contributed by atoms with Gasteiger partial charge in [-0.3, -0.25) is 4.57 Å². The highest BCUT2D eigenvalue weighted by molar-refractivity contribution is 5.82. The molecule has 5 rings (SSSR count). The zero-order valence-corrected chi connectivity index (χ0v) is 18.3. The summed E-state index contributed by atoms with van der Waals surface area (Å²) in [6, 6.07) is 5.81. The third-order valence-corrected chi connectivity index (χ3v) is 6.37. The lowest BCUT2D eigenvalue weighted by Crippen LogP contribution is -2.34. The van der Waals surface area contributed by atoms with E-state index in [2.05, 4.69) is 32.1 Å². The van der Waals surface area contributed by atoms with Gasteiger partial charge >= 0.3 is 0 Å². The maximum absolute atomic E-state index is 14.3. The average Bonchev–Trinajstić information content (AvgIpc) is 3.39. The summed E-state index contributed by atoms with van der Waals surface area (Å²) in [4.78, 5) is 12.9. The number of nitrogens with zero attached hydrogens (tertiary/aromatic N) is 4. The van der Waals surface area contributed by atoms with E-state index in [4.69, 9.17) is 4.74 Å². The minimum atomic E-state index is -1.25. The van der Waals surface area contributed by atoms with Crippen molar-refractivity contribution in [2.45, 2.75) is 68.9 Å². The lowest BCUT2D eigenvalue weighted by atomic mass is 9.93. The third-order valence-electron chi connectivity index (χ3n) is 6.37. The molecule has 0 bridgehead atoms. The number of alkyl halides is 1. The van der Waals surface area contributed by atoms with Crippen molar-refractivity contribution in [3.63, 3.8) is 0 Å². The Bertz CT molecular complexity index is 1230. The highest BCUT2D eigenvalue weighted by Crippen LogP contribution is 2.34. The van der Waals surface area contributed by atoms with Gasteiger partial charge < -0.3 is 20.3 Å². The molecule has 1 aliphatic carbocycles. The summed E-state index contributed by atoms with van der Waals surface area (Å²) in [6.45, 7) is 0. The lowest BCUT2D eigenvalue weighted by Gasteiger charge is -2.27. The number of hydrogen-bond acceptors (Lipinski definition) is 7. The molecule has 34 heavy (non-hydrogen) atoms. The lowest BCUT2D eigenvalue weighted by molar-refractivity contribution is -0.0332. The second kappa shape index (κ2) is 9.62. The van der Waals surface area contributed by atoms with Gasteiger partial charge in [-0.1, -0.05) is 36.8 Å². The van der Waals surface area contributed by atoms with E-state index in [-0.39, 0.29) is 18.0 Å². The topological polar surface area (TPSA) is 105 Å². The van der Waals surface area contributed by atoms with Crippen molar-refractivity contribution in [2.75, 3.05) is 5.32 Å². The van der Waals surface area contributed by atoms with Crippen LogP contribution >= 0.6 is 0 Å². The second-order valence-corrected chi connectivity index (χ2v) is 8.63. The van der Waals surface area contributed by atoms with Crippen LogP contribution in [0.1, 0.15) is 43.9 Å². The molecule has 3 heterocycles. The summed E-state index contributed by atoms with van der Waals surface area (Å²) in [7, 11) is 0. The fraction of sp³-hybridized carbons (Fsp3) is 0.458. The van der Waals surface area contributed by atoms with Crippen LogP contribution in [0.4, 0.5) is 14.6 Å². The standard InChI is InChI=1S/C24H25F2N5O3/c25-15-8-2-1-6-14(15)7-5-11-18-20(32)21(33)24(34-18)31-13-29-19-22(27-12-28-23(19)31)30-17-10-4-3-9-16(17)26/h1-2,6,8,12-13,16-18,20-21,24,32-33H,3-4,9-11H2,(H,27,28,30)/t16?,17?,18-,20-,21-,24-/m1/s1. The predicted octanol–water partition coefficient (Wildman–Crippen LogP) is 2.72. The first kappa shape index (κ1) is 22.7. The zero-order valence-electron chi connectivity index (χ0n) is 18.3. The van der Waals surface area contributed by atoms with E-state index in [1.807, 2.05) is 0 Å². The highest BCUT2D eigenvalue weighted by Gasteiger charge is 2.44. The number of nitrogens with one attached hydrogen (secondary N) is 1. The fourth-order valence-electron chi connectivity index (χ4n) is 4.50. The van der Waals surface area contributed by atoms with Crippen LogP contribution in [-0.4, -0.2) is 60.3 Å². The number of rotatable bonds is 4. The summed E-state index contributed by atoms with van der Waals surface area (Å²) in [5.41, 5.74) is 1.06. The Morgan fingerprint density at radius 2 is 1.94 bits per heavy atom. The molecule has 6 atom stereocenters. The molecule has 3 N–H and O–H groups in total. The first-order valence-electron chi connectivity index (χ1n) is 11.4. The molecule has 2 aliphatic rings. The van der Waals surface area contributed by atoms with Crippen LogP contribution in [0, 0.1) is 17.7 Å². The van der Waals surface area contributed by atoms with Crippen molar-refractivity contribution in [3.8, 4) is 11.8 Å². The molecule has 1 aromatic carbocycles. The Balaban J connectivity index is 1.34. The third kappa shape index (κ3) is 4.34. The number of aliphatic hydroxyl groups is 2. The predicted molar refractivity (Wildman–Crippen MR) is 120 cm³/mol. The number of hydrogen-bond donors (Lipinski definition) is 3. The molecule has 3 aromatic rings. The van der Waals surface area contributed by atoms with E-state index < -0.39 is 36.5 Å². The smallest absolute Gasteiger partial charge is 0.167 e. The monoisotopic (exact) mass is 469 g/mol. The van der Waals surface area contributed by atoms with E-state index in [9.17, 15) is 19.0 Å². The van der Waals surface area contributed by atoms with Gasteiger partial charge in [0.25, 0.3) is 0 Å². The molecule has 2 unspecified atom stereocenters. The number of halogens is 2. The molecule has 1 aliphatic heterocycles. The van der Waals surface area contributed by atoms with Crippen molar-refractivity contribution >= 4 is 17.0 Å². The van der Waals surface area contributed by atoms with Crippen LogP contribution in [0.25, 0.3) is 11.2 Å². The van der Waals surface area contributed by atoms with Crippen LogP contribution < -0.4 is 5.32 Å². The van der Waals surface area contributed by atoms with Crippen LogP contribution in [-0.2, 0) is 4.74 Å². The number of ether oxygens (including phenoxy) is 1. The Kier molecular flexibility index (Phi) is 6.41. The Morgan fingerprint density at radius 3 is 2.76 bits per heavy atom. The molecule has 0 spiro atoms. The van der Waals surface area contributed by atoms with Crippen LogP contribution in [0.2, 0.25) is 0 Å². The van der Waals surface area contributed by atoms with Gasteiger partial charge in [0.1, 0.15) is 30.5 Å². The Morgan fingerprint density at radius 1 is 1.12 bits per heavy atom. The minimum Gasteiger partial charge on any atom is -0.387 e. The number of fused-ring (bicyclic) bond motifs is 1. The van der Waals surface area contributed by atoms with Gasteiger partial charge in [-0.2, -0.15) is 0 Å². The maximum Gasteiger partial charge on any atom is 0.167 e. The molecular weight excluding hydrogens is 444 g/mol. The SMILES string of the molecule is O[C@@H]1[C@H](O)[C@@H](CC#Cc2ccccc2F)O[C@H]1n1cnc2c(NC3CCCCC3F)ncnc21. The first-order chi connectivity index (χ1) is 16.5. The summed E-state index contributed by atoms with van der Waals surface area (Å²) in [5, 5.41) is 24.3. The number of anilines is 1. The molecule has 10 heteroatoms. The molecule has 0 radical (unpaired) electrons. The number of benzene rings is 1. The zero-order chi connectivity index (χ0) is 23.7. The Hall–Kier alpha value is -3.13. The van der Waals surface area contributed by atoms with Crippen molar-refractivity contribution < 1.29 is 23.7 Å². The summed E-state index contributed by atoms with van der Waals surface area (Å²) in [6.07, 6.45) is 0.780. The minimum absolute atomic E-state index is 0.0943. The molecule has 1 saturated heterocycles. The van der Waals surface area contributed by atoms with Gasteiger partial charge in [-0.05, 0) is 25.0 Å². The summed E-state index contributed by atoms with van der Waals surface area (Å²) in [5.74, 6) is 5.53. The van der Waals surface area contributed by atoms with Gasteiger partial charge in [-0.15, -0.1) is 0 Å². The van der Waals surface area contributed by atoms with E-state index in [0.717, 1.165) is 12.8 Å². The fourth-order valence-corrected chi connectivity index (χ4v) is 4.50. The van der Waals surface area contributed by atoms with E-state index in [1.165, 1.54) is 23.3 Å². The number of aliphatic hydroxyl groups excluding tert-OH is 2. The molecule has 8 nitrogen and oxygen atoms in total. The van der Waals surface area contributed by atoms with Crippen LogP contribution in [0.15, 0.2) is 36.9 Å². The van der Waals surface area contributed by atoms with Gasteiger partial charge in [0.15, 0.2) is 23.2 Å². The first-order valence-corrected chi connectivity index (χ1v) is 11.4. The Labute approximate surface area is 195 Å². The van der Waals surface area contributed by atoms with Crippen molar-refractivity contribution in [3.05, 3.63) is 48.3 Å². The molecule has 0 amide bonds. The van der Waals surface area contributed by atoms with E-state index in [0.29, 0.717) is 29.8 Å². The quantitative estimate of drug-likeness (QED) is 0.505. The number of aromatic nitrogens is 4. The second-order valence-electron chi connectivity index (χ2n) is 8.63. The molecule has 178 valence electrons. The van der Waals surface area contributed by atoms with Gasteiger partial charge in [0, 0.05) is 6.42 Å². The summed E-state index contributed by atoms with van der Waals surface area (Å²) < 4.78 is 35.5. The van der Waals surface area contributed by atoms with Gasteiger partial charge in [0.05, 0.1) is 24.0 Å². The average molecular weight is 469 g/mol. The van der Waals surface area contributed by atoms with Crippen molar-refractivity contribution in [1.29, 1.82) is 0 Å².